The van der Waals surface area contributed by atoms with Gasteiger partial charge in [-0.05, 0) is 67.9 Å². The highest BCUT2D eigenvalue weighted by Gasteiger charge is 2.54. The molecule has 1 aromatic carbocycles. The van der Waals surface area contributed by atoms with Gasteiger partial charge in [-0.15, -0.1) is 0 Å². The number of carbonyl (C=O) groups is 1. The predicted molar refractivity (Wildman–Crippen MR) is 110 cm³/mol. The lowest BCUT2D eigenvalue weighted by Gasteiger charge is -2.38. The van der Waals surface area contributed by atoms with Crippen LogP contribution < -0.4 is 10.5 Å². The minimum atomic E-state index is -2.93. The summed E-state index contributed by atoms with van der Waals surface area (Å²) in [5.41, 5.74) is 6.55. The molecule has 1 saturated carbocycles. The summed E-state index contributed by atoms with van der Waals surface area (Å²) in [6.45, 7) is 0.452. The third-order valence-electron chi connectivity index (χ3n) is 6.44. The zero-order valence-corrected chi connectivity index (χ0v) is 17.8. The summed E-state index contributed by atoms with van der Waals surface area (Å²) >= 11 is 0. The Bertz CT molecular complexity index is 985. The molecule has 1 aliphatic heterocycles. The highest BCUT2D eigenvalue weighted by molar-refractivity contribution is 6.07. The largest absolute Gasteiger partial charge is 0.449 e. The summed E-state index contributed by atoms with van der Waals surface area (Å²) in [5.74, 6) is 0.629. The molecule has 4 rings (SSSR count). The molecule has 0 bridgehead atoms. The number of hydrogen-bond acceptors (Lipinski definition) is 6. The standard InChI is InChI=1S/C22H26F2N4O3/c1-12-9-16(10-13(2)17(12)31-20(23)24)22(19(29)28(3)21(25)27-22)15-6-4-5-14(11-15)18-26-7-8-30-18/h7-10,14-15,20H,4-6,11H2,1-3H3,(H2,25,27). The van der Waals surface area contributed by atoms with Crippen molar-refractivity contribution in [3.63, 3.8) is 0 Å². The normalized spacial score (nSPS) is 26.5. The monoisotopic (exact) mass is 432 g/mol. The molecule has 1 amide bonds. The van der Waals surface area contributed by atoms with Crippen molar-refractivity contribution in [2.45, 2.75) is 57.6 Å². The molecular formula is C22H26F2N4O3. The number of oxazole rings is 1. The van der Waals surface area contributed by atoms with Crippen molar-refractivity contribution in [2.75, 3.05) is 7.05 Å². The Morgan fingerprint density at radius 1 is 1.29 bits per heavy atom. The lowest BCUT2D eigenvalue weighted by molar-refractivity contribution is -0.133. The van der Waals surface area contributed by atoms with Gasteiger partial charge in [0.15, 0.2) is 17.4 Å². The number of hydrogen-bond donors (Lipinski definition) is 1. The second-order valence-electron chi connectivity index (χ2n) is 8.35. The number of guanidine groups is 1. The number of halogens is 2. The molecule has 2 heterocycles. The second kappa shape index (κ2) is 7.94. The third kappa shape index (κ3) is 3.55. The summed E-state index contributed by atoms with van der Waals surface area (Å²) < 4.78 is 35.9. The first-order chi connectivity index (χ1) is 14.7. The van der Waals surface area contributed by atoms with E-state index in [1.807, 2.05) is 0 Å². The van der Waals surface area contributed by atoms with Crippen molar-refractivity contribution in [1.82, 2.24) is 9.88 Å². The van der Waals surface area contributed by atoms with Gasteiger partial charge in [0.2, 0.25) is 0 Å². The van der Waals surface area contributed by atoms with Gasteiger partial charge in [-0.1, -0.05) is 6.42 Å². The van der Waals surface area contributed by atoms with Crippen molar-refractivity contribution in [3.8, 4) is 5.75 Å². The molecule has 3 unspecified atom stereocenters. The van der Waals surface area contributed by atoms with Crippen molar-refractivity contribution in [1.29, 1.82) is 0 Å². The van der Waals surface area contributed by atoms with E-state index in [9.17, 15) is 13.6 Å². The number of alkyl halides is 2. The van der Waals surface area contributed by atoms with E-state index in [-0.39, 0.29) is 29.5 Å². The fourth-order valence-electron chi connectivity index (χ4n) is 5.03. The molecule has 0 spiro atoms. The molecule has 166 valence electrons. The van der Waals surface area contributed by atoms with Crippen LogP contribution in [0.1, 0.15) is 54.2 Å². The van der Waals surface area contributed by atoms with Crippen LogP contribution in [0.2, 0.25) is 0 Å². The number of ether oxygens (including phenoxy) is 1. The van der Waals surface area contributed by atoms with E-state index in [0.717, 1.165) is 19.3 Å². The Morgan fingerprint density at radius 2 is 2.00 bits per heavy atom. The summed E-state index contributed by atoms with van der Waals surface area (Å²) in [4.78, 5) is 23.9. The van der Waals surface area contributed by atoms with Gasteiger partial charge in [0.05, 0.1) is 6.20 Å². The molecular weight excluding hydrogens is 406 g/mol. The third-order valence-corrected chi connectivity index (χ3v) is 6.44. The van der Waals surface area contributed by atoms with Crippen molar-refractivity contribution in [2.24, 2.45) is 16.6 Å². The molecule has 1 fully saturated rings. The first kappa shape index (κ1) is 21.3. The van der Waals surface area contributed by atoms with Gasteiger partial charge in [-0.3, -0.25) is 9.69 Å². The quantitative estimate of drug-likeness (QED) is 0.775. The van der Waals surface area contributed by atoms with Crippen molar-refractivity contribution < 1.29 is 22.7 Å². The van der Waals surface area contributed by atoms with Crippen LogP contribution in [0, 0.1) is 19.8 Å². The van der Waals surface area contributed by atoms with Crippen LogP contribution in [0.4, 0.5) is 8.78 Å². The number of benzene rings is 1. The van der Waals surface area contributed by atoms with Gasteiger partial charge in [0.25, 0.3) is 5.91 Å². The summed E-state index contributed by atoms with van der Waals surface area (Å²) in [6, 6.07) is 3.43. The number of nitrogens with two attached hydrogens (primary N) is 1. The van der Waals surface area contributed by atoms with E-state index in [2.05, 4.69) is 4.98 Å². The summed E-state index contributed by atoms with van der Waals surface area (Å²) in [7, 11) is 1.60. The number of aromatic nitrogens is 1. The minimum Gasteiger partial charge on any atom is -0.449 e. The second-order valence-corrected chi connectivity index (χ2v) is 8.35. The molecule has 0 radical (unpaired) electrons. The van der Waals surface area contributed by atoms with E-state index < -0.39 is 12.2 Å². The van der Waals surface area contributed by atoms with E-state index in [0.29, 0.717) is 29.0 Å². The first-order valence-electron chi connectivity index (χ1n) is 10.3. The number of amides is 1. The Labute approximate surface area is 179 Å². The van der Waals surface area contributed by atoms with Crippen LogP contribution in [-0.2, 0) is 10.3 Å². The average molecular weight is 432 g/mol. The summed E-state index contributed by atoms with van der Waals surface area (Å²) in [5, 5.41) is 0. The minimum absolute atomic E-state index is 0.0735. The van der Waals surface area contributed by atoms with E-state index in [4.69, 9.17) is 19.9 Å². The maximum absolute atomic E-state index is 13.6. The highest BCUT2D eigenvalue weighted by Crippen LogP contribution is 2.50. The molecule has 31 heavy (non-hydrogen) atoms. The van der Waals surface area contributed by atoms with E-state index in [1.54, 1.807) is 45.5 Å². The topological polar surface area (TPSA) is 94.0 Å². The van der Waals surface area contributed by atoms with Crippen molar-refractivity contribution in [3.05, 3.63) is 47.2 Å². The van der Waals surface area contributed by atoms with Crippen LogP contribution in [-0.4, -0.2) is 35.4 Å². The molecule has 7 nitrogen and oxygen atoms in total. The van der Waals surface area contributed by atoms with Gasteiger partial charge < -0.3 is 14.9 Å². The maximum Gasteiger partial charge on any atom is 0.387 e. The first-order valence-corrected chi connectivity index (χ1v) is 10.3. The smallest absolute Gasteiger partial charge is 0.387 e. The van der Waals surface area contributed by atoms with Gasteiger partial charge in [0.1, 0.15) is 12.0 Å². The molecule has 0 saturated heterocycles. The Balaban J connectivity index is 1.80. The van der Waals surface area contributed by atoms with Crippen LogP contribution >= 0.6 is 0 Å². The molecule has 2 aromatic rings. The number of aliphatic imine (C=N–C) groups is 1. The number of carbonyl (C=O) groups excluding carboxylic acids is 1. The SMILES string of the molecule is Cc1cc(C2(C3CCCC(c4ncco4)C3)N=C(N)N(C)C2=O)cc(C)c1OC(F)F. The fraction of sp³-hybridized carbons (Fsp3) is 0.500. The number of aryl methyl sites for hydroxylation is 2. The molecule has 2 N–H and O–H groups in total. The van der Waals surface area contributed by atoms with E-state index in [1.165, 1.54) is 4.90 Å². The lowest BCUT2D eigenvalue weighted by atomic mass is 9.67. The highest BCUT2D eigenvalue weighted by atomic mass is 19.3. The maximum atomic E-state index is 13.6. The molecule has 1 aliphatic carbocycles. The molecule has 9 heteroatoms. The zero-order chi connectivity index (χ0) is 22.3. The van der Waals surface area contributed by atoms with Gasteiger partial charge in [-0.2, -0.15) is 8.78 Å². The molecule has 1 aromatic heterocycles. The van der Waals surface area contributed by atoms with Crippen LogP contribution in [0.25, 0.3) is 0 Å². The average Bonchev–Trinajstić information content (AvgIpc) is 3.35. The van der Waals surface area contributed by atoms with Gasteiger partial charge in [-0.25, -0.2) is 9.98 Å². The fourth-order valence-corrected chi connectivity index (χ4v) is 5.03. The zero-order valence-electron chi connectivity index (χ0n) is 17.8. The number of nitrogens with zero attached hydrogens (tertiary/aromatic N) is 3. The van der Waals surface area contributed by atoms with Crippen LogP contribution in [0.3, 0.4) is 0 Å². The Hall–Kier alpha value is -2.97. The Morgan fingerprint density at radius 3 is 2.55 bits per heavy atom. The predicted octanol–water partition coefficient (Wildman–Crippen LogP) is 3.85. The Kier molecular flexibility index (Phi) is 5.45. The van der Waals surface area contributed by atoms with E-state index >= 15 is 0 Å². The van der Waals surface area contributed by atoms with Gasteiger partial charge in [0, 0.05) is 13.0 Å². The number of rotatable bonds is 5. The molecule has 2 aliphatic rings. The van der Waals surface area contributed by atoms with Crippen LogP contribution in [0.15, 0.2) is 34.0 Å². The summed E-state index contributed by atoms with van der Waals surface area (Å²) in [6.07, 6.45) is 6.40. The molecule has 3 atom stereocenters. The van der Waals surface area contributed by atoms with Crippen LogP contribution in [0.5, 0.6) is 5.75 Å². The number of likely N-dealkylation sites (N-methyl/N-ethyl adjacent to an activating group) is 1. The lowest BCUT2D eigenvalue weighted by Crippen LogP contribution is -2.46. The van der Waals surface area contributed by atoms with Crippen molar-refractivity contribution >= 4 is 11.9 Å². The van der Waals surface area contributed by atoms with Gasteiger partial charge >= 0.3 is 6.61 Å².